The summed E-state index contributed by atoms with van der Waals surface area (Å²) >= 11 is 0. The van der Waals surface area contributed by atoms with Gasteiger partial charge in [0.1, 0.15) is 0 Å². The molecule has 0 aliphatic rings. The molecular weight excluding hydrogens is 306 g/mol. The van der Waals surface area contributed by atoms with Gasteiger partial charge in [0.05, 0.1) is 0 Å². The van der Waals surface area contributed by atoms with Crippen molar-refractivity contribution in [3.8, 4) is 5.88 Å². The summed E-state index contributed by atoms with van der Waals surface area (Å²) < 4.78 is 101. The van der Waals surface area contributed by atoms with Crippen LogP contribution in [0.1, 0.15) is 5.69 Å². The highest BCUT2D eigenvalue weighted by Gasteiger charge is 2.58. The van der Waals surface area contributed by atoms with E-state index < -0.39 is 42.4 Å². The molecule has 0 saturated heterocycles. The molecule has 0 fully saturated rings. The molecule has 1 aromatic heterocycles. The lowest BCUT2D eigenvalue weighted by Gasteiger charge is -2.19. The predicted molar refractivity (Wildman–Crippen MR) is 47.9 cm³/mol. The van der Waals surface area contributed by atoms with Crippen molar-refractivity contribution in [3.05, 3.63) is 11.8 Å². The largest absolute Gasteiger partial charge is 0.471 e. The number of hydrogen-bond acceptors (Lipinski definition) is 4. The summed E-state index contributed by atoms with van der Waals surface area (Å²) in [5.41, 5.74) is 3.24. The fourth-order valence-corrected chi connectivity index (χ4v) is 0.908. The summed E-state index contributed by atoms with van der Waals surface area (Å²) in [6.45, 7) is -2.23. The van der Waals surface area contributed by atoms with E-state index in [9.17, 15) is 35.1 Å². The number of anilines is 1. The van der Waals surface area contributed by atoms with Crippen molar-refractivity contribution in [2.24, 2.45) is 0 Å². The first-order valence-corrected chi connectivity index (χ1v) is 4.62. The number of aromatic nitrogens is 2. The van der Waals surface area contributed by atoms with Gasteiger partial charge in [-0.25, -0.2) is 4.98 Å². The van der Waals surface area contributed by atoms with Gasteiger partial charge in [-0.2, -0.15) is 40.1 Å². The molecule has 0 radical (unpaired) electrons. The third kappa shape index (κ3) is 3.81. The van der Waals surface area contributed by atoms with E-state index in [0.717, 1.165) is 0 Å². The zero-order chi connectivity index (χ0) is 15.8. The fourth-order valence-electron chi connectivity index (χ4n) is 0.908. The van der Waals surface area contributed by atoms with E-state index in [0.29, 0.717) is 0 Å². The monoisotopic (exact) mass is 311 g/mol. The van der Waals surface area contributed by atoms with Gasteiger partial charge in [-0.1, -0.05) is 0 Å². The van der Waals surface area contributed by atoms with Crippen LogP contribution in [0.25, 0.3) is 0 Å². The average molecular weight is 311 g/mol. The Bertz CT molecular complexity index is 484. The van der Waals surface area contributed by atoms with Gasteiger partial charge in [0.2, 0.25) is 11.8 Å². The van der Waals surface area contributed by atoms with Gasteiger partial charge in [0.25, 0.3) is 0 Å². The van der Waals surface area contributed by atoms with Crippen LogP contribution in [0.2, 0.25) is 0 Å². The molecule has 20 heavy (non-hydrogen) atoms. The van der Waals surface area contributed by atoms with Gasteiger partial charge in [0.15, 0.2) is 12.3 Å². The van der Waals surface area contributed by atoms with Crippen LogP contribution in [0.15, 0.2) is 6.07 Å². The Hall–Kier alpha value is -1.88. The number of hydrogen-bond donors (Lipinski definition) is 1. The summed E-state index contributed by atoms with van der Waals surface area (Å²) in [7, 11) is 0. The van der Waals surface area contributed by atoms with Gasteiger partial charge in [-0.05, 0) is 0 Å². The predicted octanol–water partition coefficient (Wildman–Crippen LogP) is 2.65. The van der Waals surface area contributed by atoms with Gasteiger partial charge in [0, 0.05) is 6.07 Å². The third-order valence-corrected chi connectivity index (χ3v) is 1.83. The Balaban J connectivity index is 2.92. The molecule has 0 aromatic carbocycles. The van der Waals surface area contributed by atoms with Crippen molar-refractivity contribution in [1.29, 1.82) is 0 Å². The molecular formula is C8H5F8N3O. The molecule has 0 saturated carbocycles. The zero-order valence-corrected chi connectivity index (χ0v) is 9.19. The van der Waals surface area contributed by atoms with Crippen molar-refractivity contribution >= 4 is 5.95 Å². The van der Waals surface area contributed by atoms with Crippen molar-refractivity contribution in [2.75, 3.05) is 12.3 Å². The van der Waals surface area contributed by atoms with E-state index >= 15 is 0 Å². The summed E-state index contributed by atoms with van der Waals surface area (Å²) in [5, 5.41) is 0. The third-order valence-electron chi connectivity index (χ3n) is 1.83. The molecule has 0 aliphatic heterocycles. The molecule has 1 heterocycles. The Morgan fingerprint density at radius 2 is 1.55 bits per heavy atom. The lowest BCUT2D eigenvalue weighted by atomic mass is 10.3. The van der Waals surface area contributed by atoms with E-state index in [2.05, 4.69) is 14.7 Å². The topological polar surface area (TPSA) is 61.0 Å². The quantitative estimate of drug-likeness (QED) is 0.872. The Labute approximate surface area is 105 Å². The summed E-state index contributed by atoms with van der Waals surface area (Å²) in [4.78, 5) is 5.73. The standard InChI is InChI=1S/C8H5F8N3O/c9-6(10,8(14,15)16)2-20-4-1-3(7(11,12)13)18-5(17)19-4/h1H,2H2,(H2,17,18,19). The first-order chi connectivity index (χ1) is 8.83. The lowest BCUT2D eigenvalue weighted by molar-refractivity contribution is -0.290. The van der Waals surface area contributed by atoms with E-state index in [1.165, 1.54) is 0 Å². The maximum absolute atomic E-state index is 12.5. The van der Waals surface area contributed by atoms with Crippen molar-refractivity contribution in [3.63, 3.8) is 0 Å². The van der Waals surface area contributed by atoms with E-state index in [-0.39, 0.29) is 6.07 Å². The van der Waals surface area contributed by atoms with Crippen LogP contribution >= 0.6 is 0 Å². The summed E-state index contributed by atoms with van der Waals surface area (Å²) in [5.74, 6) is -7.37. The van der Waals surface area contributed by atoms with E-state index in [4.69, 9.17) is 5.73 Å². The highest BCUT2D eigenvalue weighted by atomic mass is 19.4. The second kappa shape index (κ2) is 4.90. The first-order valence-electron chi connectivity index (χ1n) is 4.62. The minimum atomic E-state index is -5.90. The molecule has 1 aromatic rings. The van der Waals surface area contributed by atoms with Crippen LogP contribution in [0.3, 0.4) is 0 Å². The van der Waals surface area contributed by atoms with Crippen molar-refractivity contribution < 1.29 is 39.9 Å². The Kier molecular flexibility index (Phi) is 3.97. The van der Waals surface area contributed by atoms with Crippen LogP contribution in [0, 0.1) is 0 Å². The molecule has 12 heteroatoms. The van der Waals surface area contributed by atoms with Gasteiger partial charge < -0.3 is 10.5 Å². The van der Waals surface area contributed by atoms with Gasteiger partial charge in [-0.15, -0.1) is 0 Å². The van der Waals surface area contributed by atoms with E-state index in [1.807, 2.05) is 0 Å². The number of nitrogens with zero attached hydrogens (tertiary/aromatic N) is 2. The minimum absolute atomic E-state index is 0.0583. The molecule has 0 atom stereocenters. The Morgan fingerprint density at radius 1 is 1.00 bits per heavy atom. The molecule has 0 spiro atoms. The molecule has 0 aliphatic carbocycles. The smallest absolute Gasteiger partial charge is 0.456 e. The van der Waals surface area contributed by atoms with Crippen LogP contribution in [0.4, 0.5) is 41.1 Å². The van der Waals surface area contributed by atoms with Crippen LogP contribution in [0.5, 0.6) is 5.88 Å². The number of halogens is 8. The van der Waals surface area contributed by atoms with Gasteiger partial charge in [-0.3, -0.25) is 0 Å². The zero-order valence-electron chi connectivity index (χ0n) is 9.19. The number of ether oxygens (including phenoxy) is 1. The number of nitrogen functional groups attached to an aromatic ring is 1. The van der Waals surface area contributed by atoms with Crippen molar-refractivity contribution in [2.45, 2.75) is 18.3 Å². The summed E-state index contributed by atoms with van der Waals surface area (Å²) in [6.07, 6.45) is -10.9. The molecule has 4 nitrogen and oxygen atoms in total. The maximum atomic E-state index is 12.5. The van der Waals surface area contributed by atoms with E-state index in [1.54, 1.807) is 0 Å². The molecule has 0 bridgehead atoms. The SMILES string of the molecule is Nc1nc(OCC(F)(F)C(F)(F)F)cc(C(F)(F)F)n1. The number of alkyl halides is 8. The molecule has 0 unspecified atom stereocenters. The maximum Gasteiger partial charge on any atom is 0.456 e. The molecule has 114 valence electrons. The minimum Gasteiger partial charge on any atom is -0.471 e. The highest BCUT2D eigenvalue weighted by Crippen LogP contribution is 2.36. The first kappa shape index (κ1) is 16.2. The average Bonchev–Trinajstić information content (AvgIpc) is 2.23. The fraction of sp³-hybridized carbons (Fsp3) is 0.500. The van der Waals surface area contributed by atoms with Crippen LogP contribution in [-0.2, 0) is 6.18 Å². The normalized spacial score (nSPS) is 13.4. The number of nitrogens with two attached hydrogens (primary N) is 1. The highest BCUT2D eigenvalue weighted by molar-refractivity contribution is 5.27. The van der Waals surface area contributed by atoms with Crippen LogP contribution < -0.4 is 10.5 Å². The molecule has 2 N–H and O–H groups in total. The van der Waals surface area contributed by atoms with Crippen molar-refractivity contribution in [1.82, 2.24) is 9.97 Å². The second-order valence-electron chi connectivity index (χ2n) is 3.44. The van der Waals surface area contributed by atoms with Crippen LogP contribution in [-0.4, -0.2) is 28.7 Å². The van der Waals surface area contributed by atoms with Gasteiger partial charge >= 0.3 is 18.3 Å². The molecule has 1 rings (SSSR count). The second-order valence-corrected chi connectivity index (χ2v) is 3.44. The Morgan fingerprint density at radius 3 is 2.00 bits per heavy atom. The molecule has 0 amide bonds. The summed E-state index contributed by atoms with van der Waals surface area (Å²) in [6, 6.07) is 0.0583. The lowest BCUT2D eigenvalue weighted by Crippen LogP contribution is -2.41. The number of rotatable bonds is 3.